The molecule has 0 radical (unpaired) electrons. The number of rotatable bonds is 4. The zero-order chi connectivity index (χ0) is 17.1. The Hall–Kier alpha value is -1.65. The Bertz CT molecular complexity index is 834. The lowest BCUT2D eigenvalue weighted by Gasteiger charge is -2.13. The Morgan fingerprint density at radius 3 is 2.71 bits per heavy atom. The summed E-state index contributed by atoms with van der Waals surface area (Å²) in [4.78, 5) is 38.7. The number of thioether (sulfide) groups is 1. The highest BCUT2D eigenvalue weighted by Gasteiger charge is 2.36. The fourth-order valence-corrected chi connectivity index (χ4v) is 4.12. The lowest BCUT2D eigenvalue weighted by atomic mass is 10.3. The highest BCUT2D eigenvalue weighted by atomic mass is 127. The third-order valence-electron chi connectivity index (χ3n) is 3.14. The molecule has 1 saturated heterocycles. The van der Waals surface area contributed by atoms with Crippen LogP contribution >= 0.6 is 45.7 Å². The van der Waals surface area contributed by atoms with Crippen LogP contribution in [0, 0.1) is 3.57 Å². The number of carbonyl (C=O) groups is 3. The van der Waals surface area contributed by atoms with Gasteiger partial charge in [-0.05, 0) is 64.0 Å². The molecule has 0 spiro atoms. The van der Waals surface area contributed by atoms with Crippen LogP contribution in [0.1, 0.15) is 4.88 Å². The number of amides is 3. The van der Waals surface area contributed by atoms with Crippen LogP contribution in [0.25, 0.3) is 6.08 Å². The van der Waals surface area contributed by atoms with Crippen LogP contribution in [-0.4, -0.2) is 28.5 Å². The summed E-state index contributed by atoms with van der Waals surface area (Å²) in [5.41, 5.74) is 0.657. The molecule has 0 bridgehead atoms. The average molecular weight is 470 g/mol. The number of hydrogen-bond acceptors (Lipinski definition) is 5. The van der Waals surface area contributed by atoms with Crippen molar-refractivity contribution in [2.75, 3.05) is 11.9 Å². The second kappa shape index (κ2) is 7.49. The zero-order valence-electron chi connectivity index (χ0n) is 12.2. The average Bonchev–Trinajstić information content (AvgIpc) is 3.14. The molecule has 3 rings (SSSR count). The minimum absolute atomic E-state index is 0.294. The van der Waals surface area contributed by atoms with Crippen LogP contribution in [0.5, 0.6) is 0 Å². The summed E-state index contributed by atoms with van der Waals surface area (Å²) >= 11 is 4.44. The van der Waals surface area contributed by atoms with Gasteiger partial charge in [0.1, 0.15) is 6.54 Å². The third-order valence-corrected chi connectivity index (χ3v) is 5.81. The molecular weight excluding hydrogens is 459 g/mol. The maximum absolute atomic E-state index is 12.3. The highest BCUT2D eigenvalue weighted by Crippen LogP contribution is 2.32. The van der Waals surface area contributed by atoms with Crippen molar-refractivity contribution in [1.82, 2.24) is 4.90 Å². The number of halogens is 1. The fraction of sp³-hybridized carbons (Fsp3) is 0.0625. The number of thiophene rings is 1. The minimum Gasteiger partial charge on any atom is -0.324 e. The van der Waals surface area contributed by atoms with Crippen molar-refractivity contribution in [2.45, 2.75) is 0 Å². The molecule has 1 aromatic heterocycles. The van der Waals surface area contributed by atoms with E-state index in [-0.39, 0.29) is 6.54 Å². The first kappa shape index (κ1) is 17.2. The molecule has 8 heteroatoms. The van der Waals surface area contributed by atoms with Crippen molar-refractivity contribution in [3.8, 4) is 0 Å². The smallest absolute Gasteiger partial charge is 0.294 e. The lowest BCUT2D eigenvalue weighted by Crippen LogP contribution is -2.36. The summed E-state index contributed by atoms with van der Waals surface area (Å²) in [6.45, 7) is -0.294. The summed E-state index contributed by atoms with van der Waals surface area (Å²) in [5.74, 6) is -0.838. The van der Waals surface area contributed by atoms with Gasteiger partial charge < -0.3 is 5.32 Å². The summed E-state index contributed by atoms with van der Waals surface area (Å²) in [7, 11) is 0. The number of para-hydroxylation sites is 1. The molecule has 1 aromatic carbocycles. The van der Waals surface area contributed by atoms with Crippen LogP contribution in [0.4, 0.5) is 10.5 Å². The molecule has 1 N–H and O–H groups in total. The van der Waals surface area contributed by atoms with Crippen LogP contribution < -0.4 is 5.32 Å². The lowest BCUT2D eigenvalue weighted by molar-refractivity contribution is -0.127. The van der Waals surface area contributed by atoms with E-state index in [1.165, 1.54) is 11.3 Å². The fourth-order valence-electron chi connectivity index (χ4n) is 2.03. The summed E-state index contributed by atoms with van der Waals surface area (Å²) in [6, 6.07) is 11.0. The third kappa shape index (κ3) is 3.87. The Labute approximate surface area is 160 Å². The van der Waals surface area contributed by atoms with Gasteiger partial charge in [0.25, 0.3) is 11.1 Å². The van der Waals surface area contributed by atoms with E-state index in [0.29, 0.717) is 10.6 Å². The molecule has 0 atom stereocenters. The number of carbonyl (C=O) groups excluding carboxylic acids is 3. The quantitative estimate of drug-likeness (QED) is 0.542. The molecule has 1 aliphatic heterocycles. The molecule has 0 unspecified atom stereocenters. The van der Waals surface area contributed by atoms with E-state index in [1.807, 2.05) is 35.7 Å². The molecule has 2 aromatic rings. The van der Waals surface area contributed by atoms with Crippen LogP contribution in [0.2, 0.25) is 0 Å². The van der Waals surface area contributed by atoms with Crippen LogP contribution in [0.15, 0.2) is 46.7 Å². The standard InChI is InChI=1S/C16H11IN2O3S2/c17-11-5-1-2-6-12(11)18-14(20)9-19-15(21)13(24-16(19)22)8-10-4-3-7-23-10/h1-8H,9H2,(H,18,20)/b13-8-. The molecule has 1 aliphatic rings. The largest absolute Gasteiger partial charge is 0.324 e. The Morgan fingerprint density at radius 2 is 2.00 bits per heavy atom. The van der Waals surface area contributed by atoms with Gasteiger partial charge in [0.2, 0.25) is 5.91 Å². The topological polar surface area (TPSA) is 66.5 Å². The predicted molar refractivity (Wildman–Crippen MR) is 105 cm³/mol. The van der Waals surface area contributed by atoms with E-state index >= 15 is 0 Å². The molecule has 122 valence electrons. The molecule has 0 saturated carbocycles. The predicted octanol–water partition coefficient (Wildman–Crippen LogP) is 4.03. The minimum atomic E-state index is -0.434. The van der Waals surface area contributed by atoms with Crippen molar-refractivity contribution in [2.24, 2.45) is 0 Å². The molecular formula is C16H11IN2O3S2. The van der Waals surface area contributed by atoms with Gasteiger partial charge in [-0.25, -0.2) is 0 Å². The molecule has 1 fully saturated rings. The maximum Gasteiger partial charge on any atom is 0.294 e. The van der Waals surface area contributed by atoms with E-state index in [1.54, 1.807) is 12.1 Å². The number of benzene rings is 1. The van der Waals surface area contributed by atoms with Crippen molar-refractivity contribution in [3.63, 3.8) is 0 Å². The first-order chi connectivity index (χ1) is 11.5. The second-order valence-electron chi connectivity index (χ2n) is 4.81. The summed E-state index contributed by atoms with van der Waals surface area (Å²) < 4.78 is 0.884. The monoisotopic (exact) mass is 470 g/mol. The van der Waals surface area contributed by atoms with Gasteiger partial charge in [-0.3, -0.25) is 19.3 Å². The van der Waals surface area contributed by atoms with Crippen molar-refractivity contribution < 1.29 is 14.4 Å². The number of nitrogens with one attached hydrogen (secondary N) is 1. The zero-order valence-corrected chi connectivity index (χ0v) is 16.0. The Morgan fingerprint density at radius 1 is 1.21 bits per heavy atom. The molecule has 24 heavy (non-hydrogen) atoms. The van der Waals surface area contributed by atoms with E-state index in [0.717, 1.165) is 25.1 Å². The van der Waals surface area contributed by atoms with Gasteiger partial charge in [-0.2, -0.15) is 0 Å². The first-order valence-electron chi connectivity index (χ1n) is 6.88. The van der Waals surface area contributed by atoms with Crippen LogP contribution in [0.3, 0.4) is 0 Å². The van der Waals surface area contributed by atoms with Gasteiger partial charge >= 0.3 is 0 Å². The Balaban J connectivity index is 1.69. The van der Waals surface area contributed by atoms with Gasteiger partial charge in [0.05, 0.1) is 10.6 Å². The molecule has 0 aliphatic carbocycles. The SMILES string of the molecule is O=C(CN1C(=O)S/C(=C\c2cccs2)C1=O)Nc1ccccc1I. The number of hydrogen-bond donors (Lipinski definition) is 1. The van der Waals surface area contributed by atoms with E-state index < -0.39 is 17.1 Å². The molecule has 5 nitrogen and oxygen atoms in total. The van der Waals surface area contributed by atoms with Crippen molar-refractivity contribution in [3.05, 3.63) is 55.1 Å². The summed E-state index contributed by atoms with van der Waals surface area (Å²) in [6.07, 6.45) is 1.67. The number of anilines is 1. The van der Waals surface area contributed by atoms with Crippen molar-refractivity contribution in [1.29, 1.82) is 0 Å². The first-order valence-corrected chi connectivity index (χ1v) is 9.65. The van der Waals surface area contributed by atoms with Gasteiger partial charge in [-0.15, -0.1) is 11.3 Å². The molecule has 3 amide bonds. The molecule has 2 heterocycles. The van der Waals surface area contributed by atoms with Gasteiger partial charge in [-0.1, -0.05) is 18.2 Å². The summed E-state index contributed by atoms with van der Waals surface area (Å²) in [5, 5.41) is 4.18. The van der Waals surface area contributed by atoms with E-state index in [4.69, 9.17) is 0 Å². The number of imide groups is 1. The van der Waals surface area contributed by atoms with E-state index in [9.17, 15) is 14.4 Å². The van der Waals surface area contributed by atoms with Gasteiger partial charge in [0, 0.05) is 8.45 Å². The van der Waals surface area contributed by atoms with Crippen LogP contribution in [-0.2, 0) is 9.59 Å². The van der Waals surface area contributed by atoms with Crippen molar-refractivity contribution >= 4 is 74.5 Å². The second-order valence-corrected chi connectivity index (χ2v) is 7.95. The highest BCUT2D eigenvalue weighted by molar-refractivity contribution is 14.1. The normalized spacial score (nSPS) is 16.0. The number of nitrogens with zero attached hydrogens (tertiary/aromatic N) is 1. The Kier molecular flexibility index (Phi) is 5.36. The maximum atomic E-state index is 12.3. The van der Waals surface area contributed by atoms with E-state index in [2.05, 4.69) is 27.9 Å². The van der Waals surface area contributed by atoms with Gasteiger partial charge in [0.15, 0.2) is 0 Å².